The van der Waals surface area contributed by atoms with Crippen molar-refractivity contribution in [2.24, 2.45) is 0 Å². The summed E-state index contributed by atoms with van der Waals surface area (Å²) in [6.45, 7) is 0.139. The predicted octanol–water partition coefficient (Wildman–Crippen LogP) is 2.00. The fraction of sp³-hybridized carbons (Fsp3) is 0.429. The Morgan fingerprint density at radius 3 is 2.68 bits per heavy atom. The molecule has 2 aromatic rings. The number of rotatable bonds is 4. The van der Waals surface area contributed by atoms with Crippen LogP contribution >= 0.6 is 0 Å². The average molecular weight is 258 g/mol. The minimum absolute atomic E-state index is 0.139. The summed E-state index contributed by atoms with van der Waals surface area (Å²) < 4.78 is 0. The Balaban J connectivity index is 2.05. The van der Waals surface area contributed by atoms with Gasteiger partial charge in [-0.15, -0.1) is 0 Å². The first kappa shape index (κ1) is 12.2. The van der Waals surface area contributed by atoms with Crippen LogP contribution in [0.25, 0.3) is 10.9 Å². The second-order valence-electron chi connectivity index (χ2n) is 5.08. The largest absolute Gasteiger partial charge is 0.394 e. The first-order valence-electron chi connectivity index (χ1n) is 6.60. The molecule has 100 valence electrons. The number of nitrogens with one attached hydrogen (secondary N) is 2. The van der Waals surface area contributed by atoms with Crippen LogP contribution in [0.15, 0.2) is 24.3 Å². The maximum absolute atomic E-state index is 9.57. The van der Waals surface area contributed by atoms with Crippen molar-refractivity contribution in [1.82, 2.24) is 9.97 Å². The highest BCUT2D eigenvalue weighted by Crippen LogP contribution is 2.36. The van der Waals surface area contributed by atoms with Gasteiger partial charge in [-0.05, 0) is 31.4 Å². The van der Waals surface area contributed by atoms with E-state index in [-0.39, 0.29) is 12.1 Å². The SMILES string of the molecule is CNc1nc(NC2(CO)CCC2)c2ccccc2n1. The summed E-state index contributed by atoms with van der Waals surface area (Å²) in [6, 6.07) is 7.91. The molecular weight excluding hydrogens is 240 g/mol. The smallest absolute Gasteiger partial charge is 0.224 e. The Kier molecular flexibility index (Phi) is 2.98. The molecule has 1 aromatic carbocycles. The van der Waals surface area contributed by atoms with E-state index in [4.69, 9.17) is 0 Å². The molecule has 1 saturated carbocycles. The van der Waals surface area contributed by atoms with Gasteiger partial charge in [-0.3, -0.25) is 0 Å². The predicted molar refractivity (Wildman–Crippen MR) is 76.4 cm³/mol. The van der Waals surface area contributed by atoms with E-state index < -0.39 is 0 Å². The summed E-state index contributed by atoms with van der Waals surface area (Å²) in [5, 5.41) is 17.0. The van der Waals surface area contributed by atoms with Crippen LogP contribution in [0.4, 0.5) is 11.8 Å². The van der Waals surface area contributed by atoms with Gasteiger partial charge in [0.25, 0.3) is 0 Å². The van der Waals surface area contributed by atoms with Gasteiger partial charge in [0.05, 0.1) is 17.7 Å². The number of hydrogen-bond donors (Lipinski definition) is 3. The molecule has 1 aliphatic rings. The van der Waals surface area contributed by atoms with Gasteiger partial charge in [-0.2, -0.15) is 4.98 Å². The van der Waals surface area contributed by atoms with E-state index in [9.17, 15) is 5.11 Å². The van der Waals surface area contributed by atoms with Crippen LogP contribution in [0.1, 0.15) is 19.3 Å². The summed E-state index contributed by atoms with van der Waals surface area (Å²) in [4.78, 5) is 8.92. The summed E-state index contributed by atoms with van der Waals surface area (Å²) in [6.07, 6.45) is 3.11. The molecule has 0 amide bonds. The molecule has 0 radical (unpaired) electrons. The third kappa shape index (κ3) is 2.10. The van der Waals surface area contributed by atoms with E-state index in [0.717, 1.165) is 36.0 Å². The van der Waals surface area contributed by atoms with Crippen LogP contribution in [0, 0.1) is 0 Å². The van der Waals surface area contributed by atoms with E-state index >= 15 is 0 Å². The minimum Gasteiger partial charge on any atom is -0.394 e. The fourth-order valence-corrected chi connectivity index (χ4v) is 2.46. The summed E-state index contributed by atoms with van der Waals surface area (Å²) >= 11 is 0. The number of fused-ring (bicyclic) bond motifs is 1. The molecule has 0 saturated heterocycles. The highest BCUT2D eigenvalue weighted by atomic mass is 16.3. The molecule has 0 spiro atoms. The van der Waals surface area contributed by atoms with Crippen LogP contribution in [0.5, 0.6) is 0 Å². The number of aliphatic hydroxyl groups excluding tert-OH is 1. The maximum Gasteiger partial charge on any atom is 0.224 e. The Hall–Kier alpha value is -1.88. The molecule has 1 aromatic heterocycles. The normalized spacial score (nSPS) is 16.9. The van der Waals surface area contributed by atoms with Crippen LogP contribution in [-0.4, -0.2) is 34.3 Å². The molecule has 5 heteroatoms. The third-order valence-corrected chi connectivity index (χ3v) is 3.82. The molecule has 1 aliphatic carbocycles. The zero-order chi connectivity index (χ0) is 13.3. The lowest BCUT2D eigenvalue weighted by Crippen LogP contribution is -2.48. The van der Waals surface area contributed by atoms with Crippen molar-refractivity contribution >= 4 is 22.7 Å². The van der Waals surface area contributed by atoms with Gasteiger partial charge in [0.2, 0.25) is 5.95 Å². The zero-order valence-electron chi connectivity index (χ0n) is 11.0. The quantitative estimate of drug-likeness (QED) is 0.782. The van der Waals surface area contributed by atoms with E-state index in [2.05, 4.69) is 20.6 Å². The highest BCUT2D eigenvalue weighted by Gasteiger charge is 2.36. The average Bonchev–Trinajstić information content (AvgIpc) is 2.42. The monoisotopic (exact) mass is 258 g/mol. The highest BCUT2D eigenvalue weighted by molar-refractivity contribution is 5.90. The van der Waals surface area contributed by atoms with Crippen molar-refractivity contribution in [1.29, 1.82) is 0 Å². The molecule has 0 aliphatic heterocycles. The molecule has 1 heterocycles. The van der Waals surface area contributed by atoms with E-state index in [1.165, 1.54) is 0 Å². The van der Waals surface area contributed by atoms with E-state index in [1.54, 1.807) is 7.05 Å². The van der Waals surface area contributed by atoms with Crippen LogP contribution in [-0.2, 0) is 0 Å². The van der Waals surface area contributed by atoms with Crippen LogP contribution in [0.2, 0.25) is 0 Å². The topological polar surface area (TPSA) is 70.1 Å². The van der Waals surface area contributed by atoms with E-state index in [1.807, 2.05) is 24.3 Å². The van der Waals surface area contributed by atoms with Crippen molar-refractivity contribution < 1.29 is 5.11 Å². The molecule has 5 nitrogen and oxygen atoms in total. The van der Waals surface area contributed by atoms with Gasteiger partial charge in [-0.1, -0.05) is 12.1 Å². The van der Waals surface area contributed by atoms with Gasteiger partial charge in [0.15, 0.2) is 0 Å². The second kappa shape index (κ2) is 4.66. The molecule has 0 unspecified atom stereocenters. The maximum atomic E-state index is 9.57. The van der Waals surface area contributed by atoms with Crippen LogP contribution < -0.4 is 10.6 Å². The number of nitrogens with zero attached hydrogens (tertiary/aromatic N) is 2. The lowest BCUT2D eigenvalue weighted by molar-refractivity contribution is 0.144. The van der Waals surface area contributed by atoms with Crippen molar-refractivity contribution in [3.8, 4) is 0 Å². The second-order valence-corrected chi connectivity index (χ2v) is 5.08. The van der Waals surface area contributed by atoms with Gasteiger partial charge >= 0.3 is 0 Å². The summed E-state index contributed by atoms with van der Waals surface area (Å²) in [5.41, 5.74) is 0.694. The van der Waals surface area contributed by atoms with Gasteiger partial charge in [0, 0.05) is 12.4 Å². The fourth-order valence-electron chi connectivity index (χ4n) is 2.46. The third-order valence-electron chi connectivity index (χ3n) is 3.82. The minimum atomic E-state index is -0.206. The number of para-hydroxylation sites is 1. The first-order valence-corrected chi connectivity index (χ1v) is 6.60. The number of aromatic nitrogens is 2. The Morgan fingerprint density at radius 2 is 2.05 bits per heavy atom. The van der Waals surface area contributed by atoms with Gasteiger partial charge in [-0.25, -0.2) is 4.98 Å². The molecular formula is C14H18N4O. The number of hydrogen-bond acceptors (Lipinski definition) is 5. The van der Waals surface area contributed by atoms with Gasteiger partial charge < -0.3 is 15.7 Å². The molecule has 3 N–H and O–H groups in total. The number of anilines is 2. The molecule has 1 fully saturated rings. The Labute approximate surface area is 112 Å². The molecule has 0 bridgehead atoms. The molecule has 3 rings (SSSR count). The lowest BCUT2D eigenvalue weighted by Gasteiger charge is -2.41. The zero-order valence-corrected chi connectivity index (χ0v) is 11.0. The van der Waals surface area contributed by atoms with Crippen LogP contribution in [0.3, 0.4) is 0 Å². The summed E-state index contributed by atoms with van der Waals surface area (Å²) in [5.74, 6) is 1.39. The lowest BCUT2D eigenvalue weighted by atomic mass is 9.77. The van der Waals surface area contributed by atoms with Crippen molar-refractivity contribution in [3.63, 3.8) is 0 Å². The van der Waals surface area contributed by atoms with Crippen molar-refractivity contribution in [2.45, 2.75) is 24.8 Å². The number of aliphatic hydroxyl groups is 1. The molecule has 0 atom stereocenters. The molecule has 19 heavy (non-hydrogen) atoms. The Morgan fingerprint density at radius 1 is 1.26 bits per heavy atom. The first-order chi connectivity index (χ1) is 9.26. The van der Waals surface area contributed by atoms with E-state index in [0.29, 0.717) is 5.95 Å². The van der Waals surface area contributed by atoms with Crippen molar-refractivity contribution in [2.75, 3.05) is 24.3 Å². The standard InChI is InChI=1S/C14H18N4O/c1-15-13-16-11-6-3-2-5-10(11)12(17-13)18-14(9-19)7-4-8-14/h2-3,5-6,19H,4,7-9H2,1H3,(H2,15,16,17,18). The summed E-state index contributed by atoms with van der Waals surface area (Å²) in [7, 11) is 1.80. The number of benzene rings is 1. The van der Waals surface area contributed by atoms with Crippen molar-refractivity contribution in [3.05, 3.63) is 24.3 Å². The Bertz CT molecular complexity index is 590. The van der Waals surface area contributed by atoms with Gasteiger partial charge in [0.1, 0.15) is 5.82 Å².